The van der Waals surface area contributed by atoms with E-state index in [2.05, 4.69) is 12.2 Å². The monoisotopic (exact) mass is 147 g/mol. The molecule has 0 aromatic carbocycles. The maximum Gasteiger partial charge on any atom is 0.00447 e. The van der Waals surface area contributed by atoms with Gasteiger partial charge in [0, 0.05) is 6.04 Å². The lowest BCUT2D eigenvalue weighted by Gasteiger charge is -2.03. The molecule has 0 heterocycles. The lowest BCUT2D eigenvalue weighted by Crippen LogP contribution is -2.17. The minimum Gasteiger partial charge on any atom is -0.328 e. The van der Waals surface area contributed by atoms with Gasteiger partial charge in [0.15, 0.2) is 0 Å². The molecule has 0 bridgehead atoms. The van der Waals surface area contributed by atoms with Crippen LogP contribution in [0.25, 0.3) is 0 Å². The molecular weight excluding hydrogens is 134 g/mol. The molecule has 0 saturated carbocycles. The van der Waals surface area contributed by atoms with Gasteiger partial charge in [-0.2, -0.15) is 0 Å². The molecule has 0 radical (unpaired) electrons. The molecule has 0 fully saturated rings. The van der Waals surface area contributed by atoms with Crippen LogP contribution in [-0.4, -0.2) is 6.04 Å². The topological polar surface area (TPSA) is 26.0 Å². The summed E-state index contributed by atoms with van der Waals surface area (Å²) < 4.78 is 0. The van der Waals surface area contributed by atoms with Crippen LogP contribution in [0, 0.1) is 0 Å². The summed E-state index contributed by atoms with van der Waals surface area (Å²) in [7, 11) is 0. The molecule has 2 heteroatoms. The summed E-state index contributed by atoms with van der Waals surface area (Å²) >= 11 is 0. The Morgan fingerprint density at radius 1 is 1.11 bits per heavy atom. The lowest BCUT2D eigenvalue weighted by atomic mass is 10.1. The molecule has 54 valence electrons. The Morgan fingerprint density at radius 3 is 2.00 bits per heavy atom. The molecule has 0 unspecified atom stereocenters. The first kappa shape index (κ1) is 8.99. The van der Waals surface area contributed by atoms with E-state index in [9.17, 15) is 0 Å². The molecule has 0 aromatic rings. The maximum atomic E-state index is 5.69. The van der Waals surface area contributed by atoms with Crippen molar-refractivity contribution in [3.05, 3.63) is 12.2 Å². The van der Waals surface area contributed by atoms with Gasteiger partial charge in [-0.3, -0.25) is 0 Å². The van der Waals surface area contributed by atoms with Gasteiger partial charge in [0.25, 0.3) is 0 Å². The van der Waals surface area contributed by atoms with Gasteiger partial charge in [0.2, 0.25) is 0 Å². The van der Waals surface area contributed by atoms with Crippen molar-refractivity contribution in [2.45, 2.75) is 31.7 Å². The van der Waals surface area contributed by atoms with Crippen LogP contribution in [0.4, 0.5) is 0 Å². The first-order valence-electron chi connectivity index (χ1n) is 3.30. The fourth-order valence-electron chi connectivity index (χ4n) is 1.00. The molecule has 1 rings (SSSR count). The van der Waals surface area contributed by atoms with E-state index in [1.54, 1.807) is 0 Å². The summed E-state index contributed by atoms with van der Waals surface area (Å²) in [6.45, 7) is 0. The van der Waals surface area contributed by atoms with Crippen molar-refractivity contribution in [2.24, 2.45) is 5.73 Å². The van der Waals surface area contributed by atoms with Crippen molar-refractivity contribution >= 4 is 12.4 Å². The van der Waals surface area contributed by atoms with Crippen molar-refractivity contribution < 1.29 is 0 Å². The molecular formula is C7H14ClN. The Hall–Kier alpha value is -0.0100. The van der Waals surface area contributed by atoms with Crippen LogP contribution in [0.3, 0.4) is 0 Å². The highest BCUT2D eigenvalue weighted by Gasteiger charge is 2.01. The highest BCUT2D eigenvalue weighted by molar-refractivity contribution is 5.85. The summed E-state index contributed by atoms with van der Waals surface area (Å²) in [5.74, 6) is 0. The van der Waals surface area contributed by atoms with Gasteiger partial charge >= 0.3 is 0 Å². The van der Waals surface area contributed by atoms with E-state index in [0.29, 0.717) is 6.04 Å². The number of hydrogen-bond donors (Lipinski definition) is 1. The molecule has 0 amide bonds. The molecule has 0 spiro atoms. The molecule has 0 aromatic heterocycles. The van der Waals surface area contributed by atoms with Gasteiger partial charge in [-0.15, -0.1) is 12.4 Å². The SMILES string of the molecule is Cl.NC1CCC=CCC1. The third-order valence-electron chi connectivity index (χ3n) is 1.57. The van der Waals surface area contributed by atoms with E-state index >= 15 is 0 Å². The van der Waals surface area contributed by atoms with E-state index in [1.807, 2.05) is 0 Å². The van der Waals surface area contributed by atoms with Crippen molar-refractivity contribution in [1.82, 2.24) is 0 Å². The van der Waals surface area contributed by atoms with Crippen LogP contribution < -0.4 is 5.73 Å². The van der Waals surface area contributed by atoms with Gasteiger partial charge in [-0.05, 0) is 25.7 Å². The summed E-state index contributed by atoms with van der Waals surface area (Å²) in [6.07, 6.45) is 9.18. The van der Waals surface area contributed by atoms with Crippen LogP contribution >= 0.6 is 12.4 Å². The number of hydrogen-bond acceptors (Lipinski definition) is 1. The second-order valence-electron chi connectivity index (χ2n) is 2.39. The van der Waals surface area contributed by atoms with Gasteiger partial charge in [0.05, 0.1) is 0 Å². The molecule has 0 saturated heterocycles. The minimum atomic E-state index is 0. The van der Waals surface area contributed by atoms with E-state index in [0.717, 1.165) is 0 Å². The predicted molar refractivity (Wildman–Crippen MR) is 42.8 cm³/mol. The zero-order chi connectivity index (χ0) is 5.82. The van der Waals surface area contributed by atoms with E-state index in [-0.39, 0.29) is 12.4 Å². The van der Waals surface area contributed by atoms with Gasteiger partial charge in [-0.1, -0.05) is 12.2 Å². The summed E-state index contributed by atoms with van der Waals surface area (Å²) in [4.78, 5) is 0. The Bertz CT molecular complexity index is 80.9. The fraction of sp³-hybridized carbons (Fsp3) is 0.714. The quantitative estimate of drug-likeness (QED) is 0.521. The zero-order valence-corrected chi connectivity index (χ0v) is 6.36. The average molecular weight is 148 g/mol. The predicted octanol–water partition coefficient (Wildman–Crippen LogP) is 1.87. The van der Waals surface area contributed by atoms with Crippen molar-refractivity contribution in [1.29, 1.82) is 0 Å². The standard InChI is InChI=1S/C7H13N.ClH/c8-7-5-3-1-2-4-6-7;/h1-2,7H,3-6,8H2;1H. The second kappa shape index (κ2) is 4.83. The smallest absolute Gasteiger partial charge is 0.00447 e. The summed E-state index contributed by atoms with van der Waals surface area (Å²) in [5, 5.41) is 0. The van der Waals surface area contributed by atoms with E-state index in [4.69, 9.17) is 5.73 Å². The summed E-state index contributed by atoms with van der Waals surface area (Å²) in [5.41, 5.74) is 5.69. The molecule has 1 aliphatic carbocycles. The molecule has 0 atom stereocenters. The molecule has 9 heavy (non-hydrogen) atoms. The molecule has 1 aliphatic rings. The number of rotatable bonds is 0. The average Bonchev–Trinajstić information content (AvgIpc) is 1.94. The third-order valence-corrected chi connectivity index (χ3v) is 1.57. The molecule has 0 aliphatic heterocycles. The zero-order valence-electron chi connectivity index (χ0n) is 5.55. The highest BCUT2D eigenvalue weighted by Crippen LogP contribution is 2.08. The fourth-order valence-corrected chi connectivity index (χ4v) is 1.00. The summed E-state index contributed by atoms with van der Waals surface area (Å²) in [6, 6.07) is 0.463. The van der Waals surface area contributed by atoms with Crippen molar-refractivity contribution in [3.8, 4) is 0 Å². The Labute approximate surface area is 62.7 Å². The number of allylic oxidation sites excluding steroid dienone is 2. The molecule has 2 N–H and O–H groups in total. The van der Waals surface area contributed by atoms with Crippen LogP contribution in [-0.2, 0) is 0 Å². The van der Waals surface area contributed by atoms with Crippen LogP contribution in [0.2, 0.25) is 0 Å². The number of nitrogens with two attached hydrogens (primary N) is 1. The number of halogens is 1. The Kier molecular flexibility index (Phi) is 4.83. The Balaban J connectivity index is 0.000000640. The van der Waals surface area contributed by atoms with Crippen LogP contribution in [0.15, 0.2) is 12.2 Å². The van der Waals surface area contributed by atoms with E-state index < -0.39 is 0 Å². The lowest BCUT2D eigenvalue weighted by molar-refractivity contribution is 0.593. The maximum absolute atomic E-state index is 5.69. The normalized spacial score (nSPS) is 20.6. The van der Waals surface area contributed by atoms with Crippen molar-refractivity contribution in [2.75, 3.05) is 0 Å². The highest BCUT2D eigenvalue weighted by atomic mass is 35.5. The van der Waals surface area contributed by atoms with Gasteiger partial charge < -0.3 is 5.73 Å². The third kappa shape index (κ3) is 3.55. The first-order valence-corrected chi connectivity index (χ1v) is 3.30. The van der Waals surface area contributed by atoms with Crippen molar-refractivity contribution in [3.63, 3.8) is 0 Å². The van der Waals surface area contributed by atoms with Gasteiger partial charge in [-0.25, -0.2) is 0 Å². The minimum absolute atomic E-state index is 0. The largest absolute Gasteiger partial charge is 0.328 e. The Morgan fingerprint density at radius 2 is 1.56 bits per heavy atom. The van der Waals surface area contributed by atoms with Crippen LogP contribution in [0.1, 0.15) is 25.7 Å². The second-order valence-corrected chi connectivity index (χ2v) is 2.39. The first-order chi connectivity index (χ1) is 3.89. The van der Waals surface area contributed by atoms with E-state index in [1.165, 1.54) is 25.7 Å². The molecule has 1 nitrogen and oxygen atoms in total. The van der Waals surface area contributed by atoms with Gasteiger partial charge in [0.1, 0.15) is 0 Å². The van der Waals surface area contributed by atoms with Crippen LogP contribution in [0.5, 0.6) is 0 Å².